The number of aromatic carboxylic acids is 1. The molecule has 1 fully saturated rings. The van der Waals surface area contributed by atoms with Gasteiger partial charge < -0.3 is 10.2 Å². The first-order chi connectivity index (χ1) is 11.5. The number of anilines is 1. The molecular weight excluding hydrogens is 348 g/mol. The average molecular weight is 358 g/mol. The Kier molecular flexibility index (Phi) is 4.32. The van der Waals surface area contributed by atoms with Gasteiger partial charge in [-0.15, -0.1) is 0 Å². The lowest BCUT2D eigenvalue weighted by Crippen LogP contribution is -2.27. The van der Waals surface area contributed by atoms with Gasteiger partial charge in [0.15, 0.2) is 4.32 Å². The molecule has 6 nitrogen and oxygen atoms in total. The molecule has 24 heavy (non-hydrogen) atoms. The smallest absolute Gasteiger partial charge is 0.339 e. The Morgan fingerprint density at radius 1 is 1.29 bits per heavy atom. The normalized spacial score (nSPS) is 16.0. The fourth-order valence-electron chi connectivity index (χ4n) is 2.12. The number of benzene rings is 1. The number of thiocarbonyl (C=S) groups is 1. The first-order valence-corrected chi connectivity index (χ1v) is 7.95. The van der Waals surface area contributed by atoms with E-state index in [0.717, 1.165) is 11.8 Å². The Labute approximate surface area is 146 Å². The van der Waals surface area contributed by atoms with Gasteiger partial charge in [-0.05, 0) is 36.4 Å². The maximum absolute atomic E-state index is 12.6. The summed E-state index contributed by atoms with van der Waals surface area (Å²) in [7, 11) is 0. The van der Waals surface area contributed by atoms with E-state index in [4.69, 9.17) is 17.3 Å². The summed E-state index contributed by atoms with van der Waals surface area (Å²) in [6.07, 6.45) is 3.24. The van der Waals surface area contributed by atoms with Crippen LogP contribution in [0.3, 0.4) is 0 Å². The van der Waals surface area contributed by atoms with Crippen LogP contribution in [0.1, 0.15) is 16.1 Å². The van der Waals surface area contributed by atoms with Gasteiger partial charge >= 0.3 is 5.97 Å². The minimum absolute atomic E-state index is 0.282. The number of hydrogen-bond donors (Lipinski definition) is 2. The highest BCUT2D eigenvalue weighted by molar-refractivity contribution is 8.27. The lowest BCUT2D eigenvalue weighted by atomic mass is 10.1. The molecule has 120 valence electrons. The Balaban J connectivity index is 1.97. The van der Waals surface area contributed by atoms with Crippen molar-refractivity contribution in [3.63, 3.8) is 0 Å². The molecule has 2 N–H and O–H groups in total. The summed E-state index contributed by atoms with van der Waals surface area (Å²) in [6, 6.07) is 9.21. The van der Waals surface area contributed by atoms with Gasteiger partial charge in [0.25, 0.3) is 5.91 Å². The number of carboxylic acid groups (broad SMARTS) is 1. The molecule has 1 aromatic heterocycles. The number of amides is 1. The van der Waals surface area contributed by atoms with E-state index < -0.39 is 5.97 Å². The third-order valence-electron chi connectivity index (χ3n) is 3.23. The number of aromatic nitrogens is 1. The fraction of sp³-hybridized carbons (Fsp3) is 0. The molecule has 2 aromatic rings. The zero-order chi connectivity index (χ0) is 17.3. The number of pyridine rings is 1. The molecule has 0 aliphatic carbocycles. The second-order valence-electron chi connectivity index (χ2n) is 4.78. The van der Waals surface area contributed by atoms with Crippen LogP contribution in [-0.4, -0.2) is 31.4 Å². The van der Waals surface area contributed by atoms with Crippen molar-refractivity contribution in [1.82, 2.24) is 4.98 Å². The van der Waals surface area contributed by atoms with Gasteiger partial charge in [-0.25, -0.2) is 4.79 Å². The van der Waals surface area contributed by atoms with Crippen molar-refractivity contribution < 1.29 is 19.8 Å². The number of phenols is 1. The molecule has 0 radical (unpaired) electrons. The SMILES string of the molecule is O=C(O)c1cc(N2C(=O)/C(=C/c3ccccn3)SC2=S)ccc1O. The monoisotopic (exact) mass is 358 g/mol. The minimum Gasteiger partial charge on any atom is -0.507 e. The van der Waals surface area contributed by atoms with E-state index in [0.29, 0.717) is 10.6 Å². The number of carbonyl (C=O) groups is 2. The van der Waals surface area contributed by atoms with Crippen molar-refractivity contribution in [3.05, 3.63) is 58.8 Å². The molecule has 0 atom stereocenters. The Morgan fingerprint density at radius 2 is 2.08 bits per heavy atom. The minimum atomic E-state index is -1.29. The number of carbonyl (C=O) groups excluding carboxylic acids is 1. The van der Waals surface area contributed by atoms with Crippen LogP contribution < -0.4 is 4.90 Å². The maximum Gasteiger partial charge on any atom is 0.339 e. The second kappa shape index (κ2) is 6.42. The van der Waals surface area contributed by atoms with Crippen molar-refractivity contribution in [2.45, 2.75) is 0 Å². The lowest BCUT2D eigenvalue weighted by molar-refractivity contribution is -0.113. The molecule has 0 unspecified atom stereocenters. The zero-order valence-corrected chi connectivity index (χ0v) is 13.7. The molecule has 0 spiro atoms. The summed E-state index contributed by atoms with van der Waals surface area (Å²) >= 11 is 6.34. The number of hydrogen-bond acceptors (Lipinski definition) is 6. The largest absolute Gasteiger partial charge is 0.507 e. The van der Waals surface area contributed by atoms with Gasteiger partial charge in [0, 0.05) is 6.20 Å². The van der Waals surface area contributed by atoms with Crippen molar-refractivity contribution in [3.8, 4) is 5.75 Å². The maximum atomic E-state index is 12.6. The van der Waals surface area contributed by atoms with Gasteiger partial charge in [0.1, 0.15) is 11.3 Å². The van der Waals surface area contributed by atoms with Gasteiger partial charge in [0.05, 0.1) is 16.3 Å². The molecule has 2 heterocycles. The summed E-state index contributed by atoms with van der Waals surface area (Å²) < 4.78 is 0.282. The molecule has 8 heteroatoms. The number of aromatic hydroxyl groups is 1. The van der Waals surface area contributed by atoms with Crippen molar-refractivity contribution in [2.24, 2.45) is 0 Å². The Hall–Kier alpha value is -2.71. The van der Waals surface area contributed by atoms with Crippen LogP contribution in [0.15, 0.2) is 47.5 Å². The van der Waals surface area contributed by atoms with E-state index in [1.165, 1.54) is 23.1 Å². The van der Waals surface area contributed by atoms with Crippen LogP contribution >= 0.6 is 24.0 Å². The van der Waals surface area contributed by atoms with Crippen molar-refractivity contribution in [1.29, 1.82) is 0 Å². The molecule has 1 saturated heterocycles. The van der Waals surface area contributed by atoms with Gasteiger partial charge in [-0.2, -0.15) is 0 Å². The molecule has 0 bridgehead atoms. The number of rotatable bonds is 3. The van der Waals surface area contributed by atoms with E-state index >= 15 is 0 Å². The third-order valence-corrected chi connectivity index (χ3v) is 4.53. The Morgan fingerprint density at radius 3 is 2.75 bits per heavy atom. The molecular formula is C16H10N2O4S2. The Bertz CT molecular complexity index is 881. The van der Waals surface area contributed by atoms with E-state index in [1.54, 1.807) is 30.5 Å². The van der Waals surface area contributed by atoms with Crippen LogP contribution in [0.2, 0.25) is 0 Å². The second-order valence-corrected chi connectivity index (χ2v) is 6.45. The quantitative estimate of drug-likeness (QED) is 0.644. The van der Waals surface area contributed by atoms with Crippen LogP contribution in [-0.2, 0) is 4.79 Å². The highest BCUT2D eigenvalue weighted by Crippen LogP contribution is 2.37. The van der Waals surface area contributed by atoms with Gasteiger partial charge in [0.2, 0.25) is 0 Å². The summed E-state index contributed by atoms with van der Waals surface area (Å²) in [5.74, 6) is -2.03. The third kappa shape index (κ3) is 3.01. The predicted octanol–water partition coefficient (Wildman–Crippen LogP) is 2.89. The molecule has 1 aliphatic heterocycles. The zero-order valence-electron chi connectivity index (χ0n) is 12.0. The first kappa shape index (κ1) is 16.2. The molecule has 1 aliphatic rings. The standard InChI is InChI=1S/C16H10N2O4S2/c19-12-5-4-10(8-11(12)15(21)22)18-14(20)13(24-16(18)23)7-9-3-1-2-6-17-9/h1-8,19H,(H,21,22)/b13-7-. The number of thioether (sulfide) groups is 1. The number of carboxylic acids is 1. The average Bonchev–Trinajstić information content (AvgIpc) is 2.83. The topological polar surface area (TPSA) is 90.7 Å². The van der Waals surface area contributed by atoms with E-state index in [2.05, 4.69) is 4.98 Å². The molecule has 0 saturated carbocycles. The summed E-state index contributed by atoms with van der Waals surface area (Å²) in [4.78, 5) is 29.5. The van der Waals surface area contributed by atoms with Crippen molar-refractivity contribution >= 4 is 51.9 Å². The van der Waals surface area contributed by atoms with Crippen LogP contribution in [0.5, 0.6) is 5.75 Å². The lowest BCUT2D eigenvalue weighted by Gasteiger charge is -2.15. The summed E-state index contributed by atoms with van der Waals surface area (Å²) in [5.41, 5.74) is 0.613. The van der Waals surface area contributed by atoms with E-state index in [-0.39, 0.29) is 27.2 Å². The first-order valence-electron chi connectivity index (χ1n) is 6.72. The molecule has 3 rings (SSSR count). The predicted molar refractivity (Wildman–Crippen MR) is 95.0 cm³/mol. The summed E-state index contributed by atoms with van der Waals surface area (Å²) in [5, 5.41) is 18.7. The van der Waals surface area contributed by atoms with Crippen LogP contribution in [0, 0.1) is 0 Å². The molecule has 1 aromatic carbocycles. The fourth-order valence-corrected chi connectivity index (χ4v) is 3.40. The van der Waals surface area contributed by atoms with Crippen molar-refractivity contribution in [2.75, 3.05) is 4.90 Å². The van der Waals surface area contributed by atoms with Gasteiger partial charge in [-0.1, -0.05) is 30.0 Å². The van der Waals surface area contributed by atoms with Crippen LogP contribution in [0.25, 0.3) is 6.08 Å². The highest BCUT2D eigenvalue weighted by atomic mass is 32.2. The van der Waals surface area contributed by atoms with Crippen LogP contribution in [0.4, 0.5) is 5.69 Å². The number of nitrogens with zero attached hydrogens (tertiary/aromatic N) is 2. The summed E-state index contributed by atoms with van der Waals surface area (Å²) in [6.45, 7) is 0. The highest BCUT2D eigenvalue weighted by Gasteiger charge is 2.34. The molecule has 1 amide bonds. The van der Waals surface area contributed by atoms with E-state index in [9.17, 15) is 14.7 Å². The van der Waals surface area contributed by atoms with E-state index in [1.807, 2.05) is 0 Å². The van der Waals surface area contributed by atoms with Gasteiger partial charge in [-0.3, -0.25) is 14.7 Å².